The maximum absolute atomic E-state index is 12.8. The molecule has 0 bridgehead atoms. The molecule has 1 fully saturated rings. The van der Waals surface area contributed by atoms with Crippen LogP contribution < -0.4 is 19.7 Å². The lowest BCUT2D eigenvalue weighted by Crippen LogP contribution is -2.37. The Kier molecular flexibility index (Phi) is 6.79. The summed E-state index contributed by atoms with van der Waals surface area (Å²) >= 11 is 0. The zero-order valence-corrected chi connectivity index (χ0v) is 18.8. The molecule has 0 spiro atoms. The molecule has 0 unspecified atom stereocenters. The van der Waals surface area contributed by atoms with Gasteiger partial charge in [0.05, 0.1) is 48.9 Å². The lowest BCUT2D eigenvalue weighted by atomic mass is 10.1. The van der Waals surface area contributed by atoms with Crippen LogP contribution in [-0.4, -0.2) is 68.7 Å². The van der Waals surface area contributed by atoms with E-state index in [9.17, 15) is 14.4 Å². The summed E-state index contributed by atoms with van der Waals surface area (Å²) in [5, 5.41) is 2.79. The minimum atomic E-state index is -0.507. The second-order valence-corrected chi connectivity index (χ2v) is 7.57. The van der Waals surface area contributed by atoms with Crippen LogP contribution in [0.15, 0.2) is 36.4 Å². The molecular formula is C24H27N3O6. The van der Waals surface area contributed by atoms with Crippen LogP contribution in [0.1, 0.15) is 34.6 Å². The number of amides is 3. The first-order valence-corrected chi connectivity index (χ1v) is 11.0. The average molecular weight is 453 g/mol. The number of morpholine rings is 1. The topological polar surface area (TPSA) is 97.4 Å². The maximum Gasteiger partial charge on any atom is 0.262 e. The van der Waals surface area contributed by atoms with Crippen LogP contribution in [0.4, 0.5) is 11.4 Å². The van der Waals surface area contributed by atoms with Crippen molar-refractivity contribution in [3.63, 3.8) is 0 Å². The summed E-state index contributed by atoms with van der Waals surface area (Å²) in [6, 6.07) is 10.1. The molecule has 174 valence electrons. The second-order valence-electron chi connectivity index (χ2n) is 7.57. The van der Waals surface area contributed by atoms with Gasteiger partial charge in [-0.25, -0.2) is 0 Å². The zero-order valence-electron chi connectivity index (χ0n) is 18.8. The van der Waals surface area contributed by atoms with Gasteiger partial charge in [0.25, 0.3) is 11.8 Å². The lowest BCUT2D eigenvalue weighted by molar-refractivity contribution is -0.116. The molecule has 0 aliphatic carbocycles. The molecule has 2 aliphatic rings. The number of nitrogens with zero attached hydrogens (tertiary/aromatic N) is 2. The summed E-state index contributed by atoms with van der Waals surface area (Å²) in [5.41, 5.74) is 1.89. The Morgan fingerprint density at radius 2 is 1.58 bits per heavy atom. The Bertz CT molecular complexity index is 1030. The van der Waals surface area contributed by atoms with E-state index in [1.165, 1.54) is 0 Å². The predicted molar refractivity (Wildman–Crippen MR) is 122 cm³/mol. The Morgan fingerprint density at radius 3 is 2.18 bits per heavy atom. The van der Waals surface area contributed by atoms with Gasteiger partial charge in [0.15, 0.2) is 0 Å². The fourth-order valence-corrected chi connectivity index (χ4v) is 3.96. The van der Waals surface area contributed by atoms with Crippen molar-refractivity contribution in [2.75, 3.05) is 56.3 Å². The van der Waals surface area contributed by atoms with E-state index in [2.05, 4.69) is 10.2 Å². The van der Waals surface area contributed by atoms with Gasteiger partial charge < -0.3 is 24.4 Å². The fraction of sp³-hybridized carbons (Fsp3) is 0.375. The molecule has 9 nitrogen and oxygen atoms in total. The monoisotopic (exact) mass is 453 g/mol. The van der Waals surface area contributed by atoms with Gasteiger partial charge in [0, 0.05) is 25.2 Å². The number of fused-ring (bicyclic) bond motifs is 1. The van der Waals surface area contributed by atoms with Crippen LogP contribution in [0.25, 0.3) is 0 Å². The third kappa shape index (κ3) is 4.63. The van der Waals surface area contributed by atoms with Gasteiger partial charge in [-0.1, -0.05) is 12.1 Å². The summed E-state index contributed by atoms with van der Waals surface area (Å²) in [5.74, 6) is -0.369. The van der Waals surface area contributed by atoms with Crippen molar-refractivity contribution in [1.82, 2.24) is 4.90 Å². The van der Waals surface area contributed by atoms with Crippen LogP contribution in [0.3, 0.4) is 0 Å². The normalized spacial score (nSPS) is 15.5. The quantitative estimate of drug-likeness (QED) is 0.614. The number of hydrogen-bond acceptors (Lipinski definition) is 7. The highest BCUT2D eigenvalue weighted by molar-refractivity contribution is 6.22. The highest BCUT2D eigenvalue weighted by Crippen LogP contribution is 2.39. The van der Waals surface area contributed by atoms with Gasteiger partial charge in [0.1, 0.15) is 18.0 Å². The number of carbonyl (C=O) groups is 3. The Labute approximate surface area is 192 Å². The number of ether oxygens (including phenoxy) is 3. The number of hydrogen-bond donors (Lipinski definition) is 1. The highest BCUT2D eigenvalue weighted by atomic mass is 16.5. The molecular weight excluding hydrogens is 426 g/mol. The lowest BCUT2D eigenvalue weighted by Gasteiger charge is -2.31. The van der Waals surface area contributed by atoms with Crippen LogP contribution >= 0.6 is 0 Å². The highest BCUT2D eigenvalue weighted by Gasteiger charge is 2.36. The van der Waals surface area contributed by atoms with Crippen LogP contribution in [0.5, 0.6) is 11.5 Å². The molecule has 33 heavy (non-hydrogen) atoms. The van der Waals surface area contributed by atoms with Gasteiger partial charge >= 0.3 is 0 Å². The first-order chi connectivity index (χ1) is 16.0. The maximum atomic E-state index is 12.8. The summed E-state index contributed by atoms with van der Waals surface area (Å²) in [7, 11) is 0. The molecule has 2 aliphatic heterocycles. The molecule has 1 saturated heterocycles. The Balaban J connectivity index is 1.56. The van der Waals surface area contributed by atoms with Crippen molar-refractivity contribution >= 4 is 29.1 Å². The number of imide groups is 1. The van der Waals surface area contributed by atoms with Crippen molar-refractivity contribution in [2.45, 2.75) is 13.8 Å². The van der Waals surface area contributed by atoms with Crippen LogP contribution in [0.2, 0.25) is 0 Å². The van der Waals surface area contributed by atoms with E-state index in [1.54, 1.807) is 30.3 Å². The number of benzene rings is 2. The van der Waals surface area contributed by atoms with Gasteiger partial charge in [-0.3, -0.25) is 19.3 Å². The van der Waals surface area contributed by atoms with Gasteiger partial charge in [-0.15, -0.1) is 0 Å². The van der Waals surface area contributed by atoms with E-state index in [4.69, 9.17) is 14.2 Å². The first kappa shape index (κ1) is 22.6. The number of carbonyl (C=O) groups excluding carboxylic acids is 3. The third-order valence-electron chi connectivity index (χ3n) is 5.47. The molecule has 2 aromatic carbocycles. The van der Waals surface area contributed by atoms with Crippen molar-refractivity contribution in [1.29, 1.82) is 0 Å². The van der Waals surface area contributed by atoms with E-state index >= 15 is 0 Å². The Morgan fingerprint density at radius 1 is 0.970 bits per heavy atom. The van der Waals surface area contributed by atoms with Gasteiger partial charge in [-0.05, 0) is 26.0 Å². The van der Waals surface area contributed by atoms with E-state index in [0.717, 1.165) is 23.7 Å². The third-order valence-corrected chi connectivity index (χ3v) is 5.47. The largest absolute Gasteiger partial charge is 0.492 e. The molecule has 9 heteroatoms. The Hall–Kier alpha value is -3.59. The number of nitrogens with one attached hydrogen (secondary N) is 1. The minimum Gasteiger partial charge on any atom is -0.492 e. The minimum absolute atomic E-state index is 0.304. The second kappa shape index (κ2) is 9.91. The average Bonchev–Trinajstić information content (AvgIpc) is 3.06. The molecule has 0 aromatic heterocycles. The SMILES string of the molecule is CCOc1cc(N2CCOCC2)c(OCC)cc1NC(=O)CN1C(=O)c2ccccc2C1=O. The summed E-state index contributed by atoms with van der Waals surface area (Å²) in [6.45, 7) is 6.88. The van der Waals surface area contributed by atoms with Gasteiger partial charge in [0.2, 0.25) is 5.91 Å². The van der Waals surface area contributed by atoms with Crippen molar-refractivity contribution in [2.24, 2.45) is 0 Å². The molecule has 2 heterocycles. The van der Waals surface area contributed by atoms with E-state index in [1.807, 2.05) is 19.9 Å². The van der Waals surface area contributed by atoms with Crippen molar-refractivity contribution in [3.8, 4) is 11.5 Å². The van der Waals surface area contributed by atoms with Crippen molar-refractivity contribution in [3.05, 3.63) is 47.5 Å². The molecule has 0 saturated carbocycles. The molecule has 3 amide bonds. The summed E-state index contributed by atoms with van der Waals surface area (Å²) < 4.78 is 17.1. The predicted octanol–water partition coefficient (Wildman–Crippen LogP) is 2.56. The number of rotatable bonds is 8. The van der Waals surface area contributed by atoms with Gasteiger partial charge in [-0.2, -0.15) is 0 Å². The fourth-order valence-electron chi connectivity index (χ4n) is 3.96. The molecule has 0 atom stereocenters. The van der Waals surface area contributed by atoms with Crippen LogP contribution in [-0.2, 0) is 9.53 Å². The molecule has 2 aromatic rings. The summed E-state index contributed by atoms with van der Waals surface area (Å²) in [6.07, 6.45) is 0. The standard InChI is InChI=1S/C24H27N3O6/c1-3-32-20-14-19(26-9-11-31-12-10-26)21(33-4-2)13-18(20)25-22(28)15-27-23(29)16-7-5-6-8-17(16)24(27)30/h5-8,13-14H,3-4,9-12,15H2,1-2H3,(H,25,28). The first-order valence-electron chi connectivity index (χ1n) is 11.0. The van der Waals surface area contributed by atoms with E-state index < -0.39 is 24.3 Å². The molecule has 0 radical (unpaired) electrons. The van der Waals surface area contributed by atoms with Crippen molar-refractivity contribution < 1.29 is 28.6 Å². The van der Waals surface area contributed by atoms with E-state index in [0.29, 0.717) is 54.7 Å². The molecule has 4 rings (SSSR count). The summed E-state index contributed by atoms with van der Waals surface area (Å²) in [4.78, 5) is 41.1. The number of anilines is 2. The van der Waals surface area contributed by atoms with Crippen LogP contribution in [0, 0.1) is 0 Å². The zero-order chi connectivity index (χ0) is 23.4. The molecule has 1 N–H and O–H groups in total. The van der Waals surface area contributed by atoms with E-state index in [-0.39, 0.29) is 0 Å². The smallest absolute Gasteiger partial charge is 0.262 e.